The standard InChI is InChI=1S/C55H44N4/c1-54(2)28-29-55(3,4)48-34-50-46(33-47(48)54)45-16-10-11-17-49(45)59(50)44-27-26-38-21-25-42(31-43(38)32-44)53-57-51(39-22-18-37(19-23-39)35-12-6-5-7-13-35)56-52(58-53)41-24-20-36-14-8-9-15-40(36)30-41/h5-27,30-34H,28-29H2,1-4H3. The number of nitrogens with zero attached hydrogens (tertiary/aromatic N) is 4. The van der Waals surface area contributed by atoms with Crippen LogP contribution in [-0.4, -0.2) is 19.5 Å². The molecule has 8 aromatic carbocycles. The maximum atomic E-state index is 5.17. The Kier molecular flexibility index (Phi) is 7.96. The van der Waals surface area contributed by atoms with Crippen molar-refractivity contribution < 1.29 is 0 Å². The summed E-state index contributed by atoms with van der Waals surface area (Å²) in [7, 11) is 0. The van der Waals surface area contributed by atoms with Crippen LogP contribution < -0.4 is 0 Å². The monoisotopic (exact) mass is 760 g/mol. The van der Waals surface area contributed by atoms with Crippen LogP contribution in [0.1, 0.15) is 51.7 Å². The van der Waals surface area contributed by atoms with Gasteiger partial charge in [0.15, 0.2) is 17.5 Å². The Balaban J connectivity index is 1.06. The van der Waals surface area contributed by atoms with Gasteiger partial charge in [-0.15, -0.1) is 0 Å². The fourth-order valence-electron chi connectivity index (χ4n) is 9.35. The maximum absolute atomic E-state index is 5.17. The summed E-state index contributed by atoms with van der Waals surface area (Å²) >= 11 is 0. The van der Waals surface area contributed by atoms with E-state index in [1.165, 1.54) is 62.1 Å². The molecule has 4 nitrogen and oxygen atoms in total. The van der Waals surface area contributed by atoms with Gasteiger partial charge in [0.25, 0.3) is 0 Å². The Labute approximate surface area is 344 Å². The second-order valence-electron chi connectivity index (χ2n) is 17.6. The van der Waals surface area contributed by atoms with Crippen molar-refractivity contribution in [3.8, 4) is 51.0 Å². The molecule has 11 rings (SSSR count). The number of hydrogen-bond acceptors (Lipinski definition) is 3. The van der Waals surface area contributed by atoms with E-state index >= 15 is 0 Å². The van der Waals surface area contributed by atoms with Crippen LogP contribution in [-0.2, 0) is 10.8 Å². The highest BCUT2D eigenvalue weighted by Crippen LogP contribution is 2.48. The summed E-state index contributed by atoms with van der Waals surface area (Å²) < 4.78 is 2.47. The van der Waals surface area contributed by atoms with Gasteiger partial charge in [0, 0.05) is 33.2 Å². The fraction of sp³-hybridized carbons (Fsp3) is 0.145. The van der Waals surface area contributed by atoms with Gasteiger partial charge in [-0.3, -0.25) is 0 Å². The molecule has 1 aliphatic rings. The van der Waals surface area contributed by atoms with E-state index in [9.17, 15) is 0 Å². The maximum Gasteiger partial charge on any atom is 0.164 e. The van der Waals surface area contributed by atoms with E-state index in [0.717, 1.165) is 38.7 Å². The summed E-state index contributed by atoms with van der Waals surface area (Å²) in [6.45, 7) is 9.65. The van der Waals surface area contributed by atoms with Gasteiger partial charge >= 0.3 is 0 Å². The molecule has 0 aliphatic heterocycles. The average Bonchev–Trinajstić information content (AvgIpc) is 3.61. The molecule has 4 heteroatoms. The Morgan fingerprint density at radius 2 is 0.881 bits per heavy atom. The van der Waals surface area contributed by atoms with Crippen molar-refractivity contribution >= 4 is 43.4 Å². The zero-order valence-corrected chi connectivity index (χ0v) is 33.9. The van der Waals surface area contributed by atoms with Crippen LogP contribution in [0, 0.1) is 0 Å². The van der Waals surface area contributed by atoms with Crippen molar-refractivity contribution in [3.63, 3.8) is 0 Å². The Bertz CT molecular complexity index is 3260. The normalized spacial score (nSPS) is 14.6. The first-order chi connectivity index (χ1) is 28.7. The van der Waals surface area contributed by atoms with Gasteiger partial charge in [0.1, 0.15) is 0 Å². The van der Waals surface area contributed by atoms with Crippen molar-refractivity contribution in [2.75, 3.05) is 0 Å². The molecule has 2 heterocycles. The van der Waals surface area contributed by atoms with Gasteiger partial charge in [-0.1, -0.05) is 155 Å². The second-order valence-corrected chi connectivity index (χ2v) is 17.6. The molecule has 0 saturated carbocycles. The van der Waals surface area contributed by atoms with Crippen molar-refractivity contribution in [2.45, 2.75) is 51.4 Å². The molecule has 59 heavy (non-hydrogen) atoms. The van der Waals surface area contributed by atoms with Gasteiger partial charge in [-0.2, -0.15) is 0 Å². The third-order valence-corrected chi connectivity index (χ3v) is 12.9. The van der Waals surface area contributed by atoms with Gasteiger partial charge in [0.05, 0.1) is 11.0 Å². The lowest BCUT2D eigenvalue weighted by Crippen LogP contribution is -2.33. The summed E-state index contributed by atoms with van der Waals surface area (Å²) in [6.07, 6.45) is 2.37. The first-order valence-electron chi connectivity index (χ1n) is 20.7. The van der Waals surface area contributed by atoms with Crippen LogP contribution in [0.5, 0.6) is 0 Å². The molecule has 0 radical (unpaired) electrons. The molecule has 0 fully saturated rings. The van der Waals surface area contributed by atoms with E-state index in [1.807, 2.05) is 6.07 Å². The Hall–Kier alpha value is -6.91. The van der Waals surface area contributed by atoms with E-state index in [0.29, 0.717) is 17.5 Å². The molecular weight excluding hydrogens is 717 g/mol. The van der Waals surface area contributed by atoms with Crippen LogP contribution in [0.25, 0.3) is 94.3 Å². The third-order valence-electron chi connectivity index (χ3n) is 12.9. The number of benzene rings is 8. The van der Waals surface area contributed by atoms with Gasteiger partial charge in [0.2, 0.25) is 0 Å². The van der Waals surface area contributed by atoms with Crippen LogP contribution in [0.15, 0.2) is 170 Å². The van der Waals surface area contributed by atoms with Gasteiger partial charge < -0.3 is 4.57 Å². The lowest BCUT2D eigenvalue weighted by atomic mass is 9.63. The lowest BCUT2D eigenvalue weighted by molar-refractivity contribution is 0.332. The predicted molar refractivity (Wildman–Crippen MR) is 246 cm³/mol. The predicted octanol–water partition coefficient (Wildman–Crippen LogP) is 14.3. The molecule has 0 unspecified atom stereocenters. The highest BCUT2D eigenvalue weighted by molar-refractivity contribution is 6.10. The van der Waals surface area contributed by atoms with E-state index in [1.54, 1.807) is 0 Å². The number of aromatic nitrogens is 4. The van der Waals surface area contributed by atoms with Crippen molar-refractivity contribution in [1.29, 1.82) is 0 Å². The SMILES string of the molecule is CC1(C)CCC(C)(C)c2cc3c(cc21)c1ccccc1n3-c1ccc2ccc(-c3nc(-c4ccc(-c5ccccc5)cc4)nc(-c4ccc5ccccc5c4)n3)cc2c1. The largest absolute Gasteiger partial charge is 0.309 e. The molecule has 0 atom stereocenters. The molecule has 284 valence electrons. The topological polar surface area (TPSA) is 43.6 Å². The van der Waals surface area contributed by atoms with E-state index < -0.39 is 0 Å². The van der Waals surface area contributed by atoms with Crippen molar-refractivity contribution in [1.82, 2.24) is 19.5 Å². The minimum atomic E-state index is 0.109. The summed E-state index contributed by atoms with van der Waals surface area (Å²) in [4.78, 5) is 15.4. The average molecular weight is 761 g/mol. The molecule has 0 spiro atoms. The molecule has 2 aromatic heterocycles. The molecule has 0 saturated heterocycles. The van der Waals surface area contributed by atoms with Crippen LogP contribution >= 0.6 is 0 Å². The quantitative estimate of drug-likeness (QED) is 0.175. The molecule has 0 bridgehead atoms. The smallest absolute Gasteiger partial charge is 0.164 e. The van der Waals surface area contributed by atoms with E-state index in [2.05, 4.69) is 196 Å². The molecular formula is C55H44N4. The van der Waals surface area contributed by atoms with E-state index in [-0.39, 0.29) is 10.8 Å². The second kappa shape index (κ2) is 13.3. The highest BCUT2D eigenvalue weighted by Gasteiger charge is 2.38. The first kappa shape index (κ1) is 35.3. The summed E-state index contributed by atoms with van der Waals surface area (Å²) in [6, 6.07) is 61.1. The Morgan fingerprint density at radius 3 is 1.59 bits per heavy atom. The zero-order chi connectivity index (χ0) is 39.9. The molecule has 0 N–H and O–H groups in total. The van der Waals surface area contributed by atoms with Crippen LogP contribution in [0.2, 0.25) is 0 Å². The molecule has 10 aromatic rings. The highest BCUT2D eigenvalue weighted by atomic mass is 15.0. The Morgan fingerprint density at radius 1 is 0.373 bits per heavy atom. The van der Waals surface area contributed by atoms with Crippen LogP contribution in [0.3, 0.4) is 0 Å². The summed E-state index contributed by atoms with van der Waals surface area (Å²) in [5.74, 6) is 1.94. The van der Waals surface area contributed by atoms with Crippen molar-refractivity contribution in [3.05, 3.63) is 181 Å². The lowest BCUT2D eigenvalue weighted by Gasteiger charge is -2.42. The van der Waals surface area contributed by atoms with E-state index in [4.69, 9.17) is 15.0 Å². The third kappa shape index (κ3) is 6.01. The number of fused-ring (bicyclic) bond motifs is 6. The zero-order valence-electron chi connectivity index (χ0n) is 33.9. The van der Waals surface area contributed by atoms with Gasteiger partial charge in [-0.05, 0) is 110 Å². The van der Waals surface area contributed by atoms with Crippen LogP contribution in [0.4, 0.5) is 0 Å². The van der Waals surface area contributed by atoms with Gasteiger partial charge in [-0.25, -0.2) is 15.0 Å². The summed E-state index contributed by atoms with van der Waals surface area (Å²) in [5.41, 5.74) is 12.0. The first-order valence-corrected chi connectivity index (χ1v) is 20.7. The minimum absolute atomic E-state index is 0.109. The number of rotatable bonds is 5. The fourth-order valence-corrected chi connectivity index (χ4v) is 9.35. The number of hydrogen-bond donors (Lipinski definition) is 0. The summed E-state index contributed by atoms with van der Waals surface area (Å²) in [5, 5.41) is 7.23. The number of para-hydroxylation sites is 1. The molecule has 0 amide bonds. The molecule has 1 aliphatic carbocycles. The minimum Gasteiger partial charge on any atom is -0.309 e. The van der Waals surface area contributed by atoms with Crippen molar-refractivity contribution in [2.24, 2.45) is 0 Å².